The van der Waals surface area contributed by atoms with Crippen molar-refractivity contribution in [1.29, 1.82) is 0 Å². The first-order valence-corrected chi connectivity index (χ1v) is 6.48. The minimum absolute atomic E-state index is 0.288. The third kappa shape index (κ3) is 2.56. The second-order valence-corrected chi connectivity index (χ2v) is 5.45. The fourth-order valence-electron chi connectivity index (χ4n) is 2.28. The molecule has 0 bridgehead atoms. The van der Waals surface area contributed by atoms with Gasteiger partial charge in [-0.25, -0.2) is 4.98 Å². The van der Waals surface area contributed by atoms with Crippen LogP contribution in [0.1, 0.15) is 31.9 Å². The summed E-state index contributed by atoms with van der Waals surface area (Å²) < 4.78 is 0. The smallest absolute Gasteiger partial charge is 0.0795 e. The first-order chi connectivity index (χ1) is 7.21. The van der Waals surface area contributed by atoms with E-state index in [-0.39, 0.29) is 5.41 Å². The van der Waals surface area contributed by atoms with Crippen LogP contribution in [0.25, 0.3) is 0 Å². The van der Waals surface area contributed by atoms with Crippen molar-refractivity contribution in [2.24, 2.45) is 11.1 Å². The molecule has 2 rings (SSSR count). The average Bonchev–Trinajstić information content (AvgIpc) is 2.79. The summed E-state index contributed by atoms with van der Waals surface area (Å²) in [4.78, 5) is 4.25. The molecule has 2 atom stereocenters. The summed E-state index contributed by atoms with van der Waals surface area (Å²) in [5.41, 5.74) is 9.42. The molecule has 0 saturated heterocycles. The van der Waals surface area contributed by atoms with Gasteiger partial charge in [-0.15, -0.1) is 11.3 Å². The van der Waals surface area contributed by atoms with Gasteiger partial charge in [-0.05, 0) is 18.3 Å². The average molecular weight is 225 g/mol. The third-order valence-corrected chi connectivity index (χ3v) is 4.11. The Hall–Kier alpha value is -0.450. The van der Waals surface area contributed by atoms with Gasteiger partial charge >= 0.3 is 0 Å². The van der Waals surface area contributed by atoms with Gasteiger partial charge in [0, 0.05) is 24.5 Å². The van der Waals surface area contributed by atoms with Crippen molar-refractivity contribution in [1.82, 2.24) is 10.3 Å². The van der Waals surface area contributed by atoms with Gasteiger partial charge in [-0.2, -0.15) is 0 Å². The van der Waals surface area contributed by atoms with Crippen molar-refractivity contribution < 1.29 is 0 Å². The molecule has 1 fully saturated rings. The number of nitrogens with one attached hydrogen (secondary N) is 1. The molecule has 0 aromatic carbocycles. The normalized spacial score (nSPS) is 30.9. The minimum atomic E-state index is 0.288. The van der Waals surface area contributed by atoms with E-state index < -0.39 is 0 Å². The predicted octanol–water partition coefficient (Wildman–Crippen LogP) is 1.75. The summed E-state index contributed by atoms with van der Waals surface area (Å²) in [7, 11) is 0. The Labute approximate surface area is 95.1 Å². The van der Waals surface area contributed by atoms with Crippen LogP contribution >= 0.6 is 11.3 Å². The molecule has 1 aliphatic rings. The van der Waals surface area contributed by atoms with Crippen LogP contribution in [0.3, 0.4) is 0 Å². The van der Waals surface area contributed by atoms with Crippen LogP contribution in [-0.2, 0) is 6.54 Å². The van der Waals surface area contributed by atoms with Crippen molar-refractivity contribution in [3.63, 3.8) is 0 Å². The summed E-state index contributed by atoms with van der Waals surface area (Å²) in [6.45, 7) is 4.16. The molecule has 0 aliphatic heterocycles. The lowest BCUT2D eigenvalue weighted by Crippen LogP contribution is -2.42. The van der Waals surface area contributed by atoms with Crippen molar-refractivity contribution in [3.05, 3.63) is 16.6 Å². The fourth-order valence-corrected chi connectivity index (χ4v) is 2.84. The number of nitrogens with zero attached hydrogens (tertiary/aromatic N) is 1. The van der Waals surface area contributed by atoms with Crippen LogP contribution in [0.2, 0.25) is 0 Å². The second kappa shape index (κ2) is 4.60. The Kier molecular flexibility index (Phi) is 3.38. The third-order valence-electron chi connectivity index (χ3n) is 3.48. The van der Waals surface area contributed by atoms with Crippen LogP contribution in [0.4, 0.5) is 0 Å². The van der Waals surface area contributed by atoms with E-state index in [1.165, 1.54) is 19.3 Å². The molecule has 84 valence electrons. The quantitative estimate of drug-likeness (QED) is 0.821. The van der Waals surface area contributed by atoms with Crippen molar-refractivity contribution >= 4 is 11.3 Å². The van der Waals surface area contributed by atoms with Gasteiger partial charge in [-0.3, -0.25) is 0 Å². The Morgan fingerprint density at radius 2 is 2.60 bits per heavy atom. The molecule has 15 heavy (non-hydrogen) atoms. The molecular formula is C11H19N3S. The number of hydrogen-bond donors (Lipinski definition) is 2. The van der Waals surface area contributed by atoms with E-state index in [0.29, 0.717) is 6.04 Å². The molecule has 3 nitrogen and oxygen atoms in total. The molecule has 2 unspecified atom stereocenters. The van der Waals surface area contributed by atoms with E-state index >= 15 is 0 Å². The highest BCUT2D eigenvalue weighted by Gasteiger charge is 2.35. The Bertz CT molecular complexity index is 299. The molecule has 4 heteroatoms. The highest BCUT2D eigenvalue weighted by atomic mass is 32.1. The lowest BCUT2D eigenvalue weighted by atomic mass is 9.85. The van der Waals surface area contributed by atoms with Crippen LogP contribution in [0, 0.1) is 5.41 Å². The van der Waals surface area contributed by atoms with Gasteiger partial charge in [-0.1, -0.05) is 13.3 Å². The van der Waals surface area contributed by atoms with Crippen LogP contribution in [-0.4, -0.2) is 17.6 Å². The van der Waals surface area contributed by atoms with Crippen molar-refractivity contribution in [2.45, 2.75) is 38.8 Å². The van der Waals surface area contributed by atoms with Crippen molar-refractivity contribution in [2.75, 3.05) is 6.54 Å². The second-order valence-electron chi connectivity index (χ2n) is 4.74. The zero-order valence-corrected chi connectivity index (χ0v) is 10.0. The largest absolute Gasteiger partial charge is 0.327 e. The SMILES string of the molecule is CC1(CNCc2cscn2)CCCC1N. The van der Waals surface area contributed by atoms with E-state index in [4.69, 9.17) is 5.73 Å². The molecule has 3 N–H and O–H groups in total. The molecule has 1 aliphatic carbocycles. The minimum Gasteiger partial charge on any atom is -0.327 e. The first kappa shape index (κ1) is 11.0. The van der Waals surface area contributed by atoms with Gasteiger partial charge in [0.2, 0.25) is 0 Å². The van der Waals surface area contributed by atoms with Gasteiger partial charge in [0.15, 0.2) is 0 Å². The maximum Gasteiger partial charge on any atom is 0.0795 e. The molecular weight excluding hydrogens is 206 g/mol. The van der Waals surface area contributed by atoms with E-state index in [1.54, 1.807) is 11.3 Å². The van der Waals surface area contributed by atoms with Crippen molar-refractivity contribution in [3.8, 4) is 0 Å². The van der Waals surface area contributed by atoms with Crippen LogP contribution in [0.5, 0.6) is 0 Å². The molecule has 0 radical (unpaired) electrons. The lowest BCUT2D eigenvalue weighted by Gasteiger charge is -2.29. The highest BCUT2D eigenvalue weighted by molar-refractivity contribution is 7.07. The number of nitrogens with two attached hydrogens (primary N) is 1. The maximum atomic E-state index is 6.12. The first-order valence-electron chi connectivity index (χ1n) is 5.54. The number of hydrogen-bond acceptors (Lipinski definition) is 4. The van der Waals surface area contributed by atoms with E-state index in [9.17, 15) is 0 Å². The zero-order chi connectivity index (χ0) is 10.7. The molecule has 1 saturated carbocycles. The molecule has 1 heterocycles. The molecule has 1 aromatic rings. The van der Waals surface area contributed by atoms with Crippen LogP contribution < -0.4 is 11.1 Å². The summed E-state index contributed by atoms with van der Waals surface area (Å²) in [6.07, 6.45) is 3.70. The fraction of sp³-hybridized carbons (Fsp3) is 0.727. The van der Waals surface area contributed by atoms with Gasteiger partial charge in [0.05, 0.1) is 11.2 Å². The number of aromatic nitrogens is 1. The van der Waals surface area contributed by atoms with Gasteiger partial charge < -0.3 is 11.1 Å². The molecule has 0 spiro atoms. The Morgan fingerprint density at radius 3 is 3.20 bits per heavy atom. The topological polar surface area (TPSA) is 50.9 Å². The van der Waals surface area contributed by atoms with E-state index in [1.807, 2.05) is 5.51 Å². The Balaban J connectivity index is 1.78. The standard InChI is InChI=1S/C11H19N3S/c1-11(4-2-3-10(11)12)7-13-5-9-6-15-8-14-9/h6,8,10,13H,2-5,7,12H2,1H3. The van der Waals surface area contributed by atoms with Crippen LogP contribution in [0.15, 0.2) is 10.9 Å². The Morgan fingerprint density at radius 1 is 1.73 bits per heavy atom. The highest BCUT2D eigenvalue weighted by Crippen LogP contribution is 2.35. The summed E-state index contributed by atoms with van der Waals surface area (Å²) in [5.74, 6) is 0. The number of rotatable bonds is 4. The zero-order valence-electron chi connectivity index (χ0n) is 9.20. The summed E-state index contributed by atoms with van der Waals surface area (Å²) in [6, 6.07) is 0.362. The lowest BCUT2D eigenvalue weighted by molar-refractivity contribution is 0.277. The summed E-state index contributed by atoms with van der Waals surface area (Å²) >= 11 is 1.65. The summed E-state index contributed by atoms with van der Waals surface area (Å²) in [5, 5.41) is 5.55. The monoisotopic (exact) mass is 225 g/mol. The number of thiazole rings is 1. The van der Waals surface area contributed by atoms with Gasteiger partial charge in [0.1, 0.15) is 0 Å². The molecule has 1 aromatic heterocycles. The maximum absolute atomic E-state index is 6.12. The molecule has 0 amide bonds. The van der Waals surface area contributed by atoms with Gasteiger partial charge in [0.25, 0.3) is 0 Å². The van der Waals surface area contributed by atoms with E-state index in [0.717, 1.165) is 18.8 Å². The predicted molar refractivity (Wildman–Crippen MR) is 63.8 cm³/mol. The van der Waals surface area contributed by atoms with E-state index in [2.05, 4.69) is 22.6 Å².